The molecule has 0 saturated carbocycles. The van der Waals surface area contributed by atoms with E-state index in [0.717, 1.165) is 22.8 Å². The molecule has 0 N–H and O–H groups in total. The van der Waals surface area contributed by atoms with Crippen molar-refractivity contribution < 1.29 is 4.79 Å². The van der Waals surface area contributed by atoms with Crippen molar-refractivity contribution >= 4 is 16.6 Å². The first-order valence-corrected chi connectivity index (χ1v) is 6.08. The van der Waals surface area contributed by atoms with Gasteiger partial charge in [-0.25, -0.2) is 0 Å². The number of aromatic nitrogens is 1. The van der Waals surface area contributed by atoms with E-state index in [9.17, 15) is 4.79 Å². The third-order valence-corrected chi connectivity index (χ3v) is 3.21. The fourth-order valence-electron chi connectivity index (χ4n) is 1.94. The molecule has 0 fully saturated rings. The Morgan fingerprint density at radius 1 is 1.35 bits per heavy atom. The molecule has 0 aliphatic rings. The van der Waals surface area contributed by atoms with E-state index in [4.69, 9.17) is 0 Å². The van der Waals surface area contributed by atoms with Gasteiger partial charge in [0.15, 0.2) is 5.78 Å². The van der Waals surface area contributed by atoms with Gasteiger partial charge in [0.1, 0.15) is 0 Å². The number of hydrogen-bond donors (Lipinski definition) is 0. The lowest BCUT2D eigenvalue weighted by molar-refractivity contribution is 0.0965. The van der Waals surface area contributed by atoms with E-state index < -0.39 is 0 Å². The number of nitrogens with zero attached hydrogens (tertiary/aromatic N) is 1. The van der Waals surface area contributed by atoms with Crippen LogP contribution in [0.3, 0.4) is 0 Å². The van der Waals surface area contributed by atoms with E-state index in [-0.39, 0.29) is 5.78 Å². The molecular formula is C15H17NO. The first-order chi connectivity index (χ1) is 8.22. The van der Waals surface area contributed by atoms with E-state index in [1.54, 1.807) is 12.4 Å². The van der Waals surface area contributed by atoms with Crippen molar-refractivity contribution in [1.29, 1.82) is 0 Å². The molecule has 17 heavy (non-hydrogen) atoms. The van der Waals surface area contributed by atoms with Crippen molar-refractivity contribution in [1.82, 2.24) is 4.98 Å². The van der Waals surface area contributed by atoms with Crippen molar-refractivity contribution in [3.63, 3.8) is 0 Å². The minimum absolute atomic E-state index is 0.233. The highest BCUT2D eigenvalue weighted by atomic mass is 16.1. The van der Waals surface area contributed by atoms with Gasteiger partial charge in [-0.05, 0) is 17.4 Å². The maximum atomic E-state index is 12.2. The second kappa shape index (κ2) is 5.09. The van der Waals surface area contributed by atoms with Crippen molar-refractivity contribution in [3.05, 3.63) is 42.2 Å². The van der Waals surface area contributed by atoms with Crippen LogP contribution in [0, 0.1) is 5.92 Å². The van der Waals surface area contributed by atoms with Gasteiger partial charge in [-0.15, -0.1) is 0 Å². The highest BCUT2D eigenvalue weighted by Gasteiger charge is 2.12. The Morgan fingerprint density at radius 3 is 2.94 bits per heavy atom. The van der Waals surface area contributed by atoms with Crippen LogP contribution in [0.15, 0.2) is 36.7 Å². The lowest BCUT2D eigenvalue weighted by Crippen LogP contribution is -2.05. The van der Waals surface area contributed by atoms with Crippen LogP contribution in [0.1, 0.15) is 37.0 Å². The molecule has 0 aliphatic carbocycles. The molecule has 0 saturated heterocycles. The molecule has 2 heteroatoms. The summed E-state index contributed by atoms with van der Waals surface area (Å²) in [6.07, 6.45) is 5.20. The number of ketones is 1. The topological polar surface area (TPSA) is 30.0 Å². The number of hydrogen-bond acceptors (Lipinski definition) is 2. The van der Waals surface area contributed by atoms with Gasteiger partial charge in [-0.1, -0.05) is 38.5 Å². The van der Waals surface area contributed by atoms with E-state index >= 15 is 0 Å². The van der Waals surface area contributed by atoms with Crippen LogP contribution in [-0.2, 0) is 0 Å². The minimum Gasteiger partial charge on any atom is -0.294 e. The highest BCUT2D eigenvalue weighted by molar-refractivity contribution is 6.07. The standard InChI is InChI=1S/C15H17NO/c1-3-11(2)9-15(17)14-6-4-5-12-10-16-8-7-13(12)14/h4-8,10-11H,3,9H2,1-2H3. The third kappa shape index (κ3) is 2.52. The number of benzene rings is 1. The quantitative estimate of drug-likeness (QED) is 0.742. The zero-order valence-electron chi connectivity index (χ0n) is 10.3. The van der Waals surface area contributed by atoms with Gasteiger partial charge in [0.05, 0.1) is 0 Å². The minimum atomic E-state index is 0.233. The molecule has 2 aromatic rings. The molecule has 2 nitrogen and oxygen atoms in total. The SMILES string of the molecule is CCC(C)CC(=O)c1cccc2cnccc12. The maximum absolute atomic E-state index is 12.2. The lowest BCUT2D eigenvalue weighted by atomic mass is 9.95. The van der Waals surface area contributed by atoms with Crippen LogP contribution < -0.4 is 0 Å². The van der Waals surface area contributed by atoms with Gasteiger partial charge in [-0.3, -0.25) is 9.78 Å². The molecular weight excluding hydrogens is 210 g/mol. The van der Waals surface area contributed by atoms with E-state index in [0.29, 0.717) is 12.3 Å². The second-order valence-electron chi connectivity index (χ2n) is 4.54. The summed E-state index contributed by atoms with van der Waals surface area (Å²) in [5.41, 5.74) is 0.824. The Labute approximate surface area is 102 Å². The normalized spacial score (nSPS) is 12.6. The first-order valence-electron chi connectivity index (χ1n) is 6.08. The number of Topliss-reactive ketones (excluding diaryl/α,β-unsaturated/α-hetero) is 1. The van der Waals surface area contributed by atoms with E-state index in [1.165, 1.54) is 0 Å². The van der Waals surface area contributed by atoms with Gasteiger partial charge in [0.2, 0.25) is 0 Å². The summed E-state index contributed by atoms with van der Waals surface area (Å²) in [5.74, 6) is 0.677. The molecule has 1 aromatic heterocycles. The molecule has 1 aromatic carbocycles. The van der Waals surface area contributed by atoms with Crippen LogP contribution in [-0.4, -0.2) is 10.8 Å². The molecule has 88 valence electrons. The molecule has 1 unspecified atom stereocenters. The van der Waals surface area contributed by atoms with Crippen LogP contribution in [0.5, 0.6) is 0 Å². The van der Waals surface area contributed by atoms with Crippen molar-refractivity contribution in [3.8, 4) is 0 Å². The zero-order valence-corrected chi connectivity index (χ0v) is 10.3. The Kier molecular flexibility index (Phi) is 3.52. The molecule has 1 atom stereocenters. The Morgan fingerprint density at radius 2 is 2.18 bits per heavy atom. The van der Waals surface area contributed by atoms with Crippen molar-refractivity contribution in [2.45, 2.75) is 26.7 Å². The maximum Gasteiger partial charge on any atom is 0.163 e. The van der Waals surface area contributed by atoms with Crippen LogP contribution in [0.4, 0.5) is 0 Å². The van der Waals surface area contributed by atoms with Gasteiger partial charge in [0, 0.05) is 29.8 Å². The average molecular weight is 227 g/mol. The summed E-state index contributed by atoms with van der Waals surface area (Å²) >= 11 is 0. The van der Waals surface area contributed by atoms with Gasteiger partial charge in [0.25, 0.3) is 0 Å². The number of pyridine rings is 1. The predicted molar refractivity (Wildman–Crippen MR) is 70.1 cm³/mol. The van der Waals surface area contributed by atoms with E-state index in [1.807, 2.05) is 24.3 Å². The van der Waals surface area contributed by atoms with Gasteiger partial charge >= 0.3 is 0 Å². The molecule has 2 rings (SSSR count). The number of rotatable bonds is 4. The summed E-state index contributed by atoms with van der Waals surface area (Å²) in [7, 11) is 0. The largest absolute Gasteiger partial charge is 0.294 e. The van der Waals surface area contributed by atoms with Gasteiger partial charge < -0.3 is 0 Å². The fourth-order valence-corrected chi connectivity index (χ4v) is 1.94. The zero-order chi connectivity index (χ0) is 12.3. The first kappa shape index (κ1) is 11.8. The predicted octanol–water partition coefficient (Wildman–Crippen LogP) is 3.85. The third-order valence-electron chi connectivity index (χ3n) is 3.21. The smallest absolute Gasteiger partial charge is 0.163 e. The summed E-state index contributed by atoms with van der Waals surface area (Å²) in [4.78, 5) is 16.3. The number of carbonyl (C=O) groups excluding carboxylic acids is 1. The van der Waals surface area contributed by atoms with Crippen LogP contribution in [0.2, 0.25) is 0 Å². The van der Waals surface area contributed by atoms with Crippen molar-refractivity contribution in [2.24, 2.45) is 5.92 Å². The lowest BCUT2D eigenvalue weighted by Gasteiger charge is -2.09. The summed E-state index contributed by atoms with van der Waals surface area (Å²) in [6, 6.07) is 7.74. The second-order valence-corrected chi connectivity index (χ2v) is 4.54. The van der Waals surface area contributed by atoms with Crippen LogP contribution >= 0.6 is 0 Å². The number of fused-ring (bicyclic) bond motifs is 1. The molecule has 1 heterocycles. The summed E-state index contributed by atoms with van der Waals surface area (Å²) in [5, 5.41) is 2.04. The Bertz CT molecular complexity index is 528. The molecule has 0 bridgehead atoms. The summed E-state index contributed by atoms with van der Waals surface area (Å²) < 4.78 is 0. The summed E-state index contributed by atoms with van der Waals surface area (Å²) in [6.45, 7) is 4.23. The molecule has 0 spiro atoms. The fraction of sp³-hybridized carbons (Fsp3) is 0.333. The Balaban J connectivity index is 2.38. The van der Waals surface area contributed by atoms with Gasteiger partial charge in [-0.2, -0.15) is 0 Å². The molecule has 0 aliphatic heterocycles. The number of carbonyl (C=O) groups is 1. The van der Waals surface area contributed by atoms with Crippen LogP contribution in [0.25, 0.3) is 10.8 Å². The highest BCUT2D eigenvalue weighted by Crippen LogP contribution is 2.21. The average Bonchev–Trinajstić information content (AvgIpc) is 2.37. The van der Waals surface area contributed by atoms with E-state index in [2.05, 4.69) is 18.8 Å². The van der Waals surface area contributed by atoms with Crippen molar-refractivity contribution in [2.75, 3.05) is 0 Å². The Hall–Kier alpha value is -1.70. The molecule has 0 amide bonds. The monoisotopic (exact) mass is 227 g/mol. The molecule has 0 radical (unpaired) electrons.